The van der Waals surface area contributed by atoms with Gasteiger partial charge in [0, 0.05) is 26.0 Å². The fourth-order valence-corrected chi connectivity index (χ4v) is 2.07. The van der Waals surface area contributed by atoms with E-state index in [2.05, 4.69) is 26.5 Å². The predicted molar refractivity (Wildman–Crippen MR) is 76.6 cm³/mol. The highest BCUT2D eigenvalue weighted by molar-refractivity contribution is 5.56. The molecule has 104 valence electrons. The Hall–Kier alpha value is -3.14. The molecule has 0 fully saturated rings. The molecule has 0 amide bonds. The summed E-state index contributed by atoms with van der Waals surface area (Å²) < 4.78 is 3.41. The zero-order valence-corrected chi connectivity index (χ0v) is 11.4. The summed E-state index contributed by atoms with van der Waals surface area (Å²) in [7, 11) is 1.85. The van der Waals surface area contributed by atoms with Crippen molar-refractivity contribution in [1.82, 2.24) is 24.3 Å². The van der Waals surface area contributed by atoms with Crippen LogP contribution in [-0.4, -0.2) is 24.3 Å². The van der Waals surface area contributed by atoms with Gasteiger partial charge in [0.05, 0.1) is 5.69 Å². The molecule has 0 aliphatic heterocycles. The van der Waals surface area contributed by atoms with Crippen molar-refractivity contribution in [2.24, 2.45) is 7.05 Å². The van der Waals surface area contributed by atoms with Crippen molar-refractivity contribution in [3.05, 3.63) is 54.5 Å². The molecule has 0 aliphatic carbocycles. The van der Waals surface area contributed by atoms with Gasteiger partial charge in [-0.2, -0.15) is 10.4 Å². The molecule has 0 atom stereocenters. The van der Waals surface area contributed by atoms with Gasteiger partial charge in [-0.15, -0.1) is 0 Å². The van der Waals surface area contributed by atoms with Crippen LogP contribution in [0.5, 0.6) is 0 Å². The van der Waals surface area contributed by atoms with Gasteiger partial charge in [0.2, 0.25) is 0 Å². The Kier molecular flexibility index (Phi) is 3.35. The Balaban J connectivity index is 1.81. The van der Waals surface area contributed by atoms with Crippen LogP contribution in [0.2, 0.25) is 0 Å². The Labute approximate surface area is 121 Å². The minimum atomic E-state index is 0.600. The topological polar surface area (TPSA) is 84.3 Å². The van der Waals surface area contributed by atoms with Crippen molar-refractivity contribution in [1.29, 1.82) is 5.26 Å². The summed E-state index contributed by atoms with van der Waals surface area (Å²) in [4.78, 5) is 8.24. The Bertz CT molecular complexity index is 780. The molecule has 0 bridgehead atoms. The number of rotatable bonds is 4. The Morgan fingerprint density at radius 2 is 2.33 bits per heavy atom. The van der Waals surface area contributed by atoms with Gasteiger partial charge in [0.1, 0.15) is 24.4 Å². The van der Waals surface area contributed by atoms with Crippen molar-refractivity contribution in [3.63, 3.8) is 0 Å². The second-order valence-corrected chi connectivity index (χ2v) is 4.52. The summed E-state index contributed by atoms with van der Waals surface area (Å²) in [5.74, 6) is 0.687. The highest BCUT2D eigenvalue weighted by atomic mass is 15.3. The van der Waals surface area contributed by atoms with Crippen LogP contribution in [0, 0.1) is 11.3 Å². The van der Waals surface area contributed by atoms with Crippen molar-refractivity contribution in [3.8, 4) is 11.9 Å². The molecular weight excluding hydrogens is 266 g/mol. The van der Waals surface area contributed by atoms with E-state index >= 15 is 0 Å². The van der Waals surface area contributed by atoms with Crippen molar-refractivity contribution < 1.29 is 0 Å². The smallest absolute Gasteiger partial charge is 0.178 e. The van der Waals surface area contributed by atoms with Crippen molar-refractivity contribution in [2.45, 2.75) is 6.54 Å². The molecule has 3 heterocycles. The molecule has 3 aromatic heterocycles. The van der Waals surface area contributed by atoms with Gasteiger partial charge >= 0.3 is 0 Å². The molecule has 0 spiro atoms. The highest BCUT2D eigenvalue weighted by Crippen LogP contribution is 2.17. The second kappa shape index (κ2) is 5.46. The molecular formula is C14H13N7. The maximum atomic E-state index is 8.97. The first kappa shape index (κ1) is 12.9. The lowest BCUT2D eigenvalue weighted by Crippen LogP contribution is -2.06. The second-order valence-electron chi connectivity index (χ2n) is 4.52. The fourth-order valence-electron chi connectivity index (χ4n) is 2.07. The first-order valence-corrected chi connectivity index (χ1v) is 6.37. The average Bonchev–Trinajstić information content (AvgIpc) is 3.15. The normalized spacial score (nSPS) is 10.3. The monoisotopic (exact) mass is 279 g/mol. The maximum Gasteiger partial charge on any atom is 0.178 e. The van der Waals surface area contributed by atoms with Gasteiger partial charge in [0.15, 0.2) is 5.82 Å². The van der Waals surface area contributed by atoms with Gasteiger partial charge in [-0.3, -0.25) is 0 Å². The molecule has 21 heavy (non-hydrogen) atoms. The van der Waals surface area contributed by atoms with Crippen LogP contribution in [-0.2, 0) is 13.6 Å². The summed E-state index contributed by atoms with van der Waals surface area (Å²) in [6.45, 7) is 0.600. The van der Waals surface area contributed by atoms with Gasteiger partial charge in [-0.25, -0.2) is 14.6 Å². The average molecular weight is 279 g/mol. The summed E-state index contributed by atoms with van der Waals surface area (Å²) in [6.07, 6.45) is 6.70. The number of hydrogen-bond donors (Lipinski definition) is 1. The van der Waals surface area contributed by atoms with E-state index in [0.717, 1.165) is 11.3 Å². The van der Waals surface area contributed by atoms with Crippen LogP contribution in [0.4, 0.5) is 5.69 Å². The first-order chi connectivity index (χ1) is 10.3. The minimum Gasteiger partial charge on any atom is -0.378 e. The van der Waals surface area contributed by atoms with E-state index in [9.17, 15) is 0 Å². The zero-order valence-electron chi connectivity index (χ0n) is 11.4. The fraction of sp³-hybridized carbons (Fsp3) is 0.143. The molecule has 0 saturated carbocycles. The minimum absolute atomic E-state index is 0.600. The summed E-state index contributed by atoms with van der Waals surface area (Å²) >= 11 is 0. The quantitative estimate of drug-likeness (QED) is 0.782. The zero-order chi connectivity index (χ0) is 14.7. The predicted octanol–water partition coefficient (Wildman–Crippen LogP) is 1.48. The third kappa shape index (κ3) is 2.60. The van der Waals surface area contributed by atoms with Crippen LogP contribution in [0.25, 0.3) is 5.82 Å². The number of nitrogens with one attached hydrogen (secondary N) is 1. The summed E-state index contributed by atoms with van der Waals surface area (Å²) in [5, 5.41) is 16.4. The maximum absolute atomic E-state index is 8.97. The third-order valence-electron chi connectivity index (χ3n) is 3.08. The van der Waals surface area contributed by atoms with Gasteiger partial charge < -0.3 is 9.88 Å². The lowest BCUT2D eigenvalue weighted by atomic mass is 10.3. The van der Waals surface area contributed by atoms with E-state index in [0.29, 0.717) is 18.1 Å². The van der Waals surface area contributed by atoms with Gasteiger partial charge in [-0.05, 0) is 23.8 Å². The van der Waals surface area contributed by atoms with Gasteiger partial charge in [0.25, 0.3) is 0 Å². The van der Waals surface area contributed by atoms with Crippen LogP contribution >= 0.6 is 0 Å². The van der Waals surface area contributed by atoms with E-state index in [-0.39, 0.29) is 0 Å². The molecule has 7 nitrogen and oxygen atoms in total. The molecule has 0 aromatic carbocycles. The van der Waals surface area contributed by atoms with E-state index in [1.807, 2.05) is 31.4 Å². The molecule has 0 saturated heterocycles. The van der Waals surface area contributed by atoms with Crippen LogP contribution in [0.15, 0.2) is 43.2 Å². The number of nitriles is 1. The van der Waals surface area contributed by atoms with Crippen molar-refractivity contribution >= 4 is 5.69 Å². The number of aryl methyl sites for hydroxylation is 1. The number of anilines is 1. The largest absolute Gasteiger partial charge is 0.378 e. The lowest BCUT2D eigenvalue weighted by Gasteiger charge is -2.09. The Morgan fingerprint density at radius 3 is 3.05 bits per heavy atom. The SMILES string of the molecule is Cn1cc(CNc2cccnc2-n2cncn2)cc1C#N. The number of pyridine rings is 1. The number of hydrogen-bond acceptors (Lipinski definition) is 5. The summed E-state index contributed by atoms with van der Waals surface area (Å²) in [5.41, 5.74) is 2.52. The van der Waals surface area contributed by atoms with E-state index in [1.54, 1.807) is 21.8 Å². The molecule has 3 rings (SSSR count). The van der Waals surface area contributed by atoms with Crippen LogP contribution in [0.3, 0.4) is 0 Å². The Morgan fingerprint density at radius 1 is 1.43 bits per heavy atom. The molecule has 1 N–H and O–H groups in total. The molecule has 0 unspecified atom stereocenters. The number of aromatic nitrogens is 5. The molecule has 0 aliphatic rings. The van der Waals surface area contributed by atoms with Crippen LogP contribution < -0.4 is 5.32 Å². The van der Waals surface area contributed by atoms with Gasteiger partial charge in [-0.1, -0.05) is 0 Å². The van der Waals surface area contributed by atoms with Crippen LogP contribution in [0.1, 0.15) is 11.3 Å². The summed E-state index contributed by atoms with van der Waals surface area (Å²) in [6, 6.07) is 7.79. The third-order valence-corrected chi connectivity index (χ3v) is 3.08. The first-order valence-electron chi connectivity index (χ1n) is 6.37. The lowest BCUT2D eigenvalue weighted by molar-refractivity contribution is 0.844. The van der Waals surface area contributed by atoms with Crippen molar-refractivity contribution in [2.75, 3.05) is 5.32 Å². The highest BCUT2D eigenvalue weighted by Gasteiger charge is 2.07. The molecule has 7 heteroatoms. The number of nitrogens with zero attached hydrogens (tertiary/aromatic N) is 6. The van der Waals surface area contributed by atoms with E-state index in [4.69, 9.17) is 5.26 Å². The molecule has 3 aromatic rings. The standard InChI is InChI=1S/C14H13N7/c1-20-8-11(5-12(20)6-15)7-18-13-3-2-4-17-14(13)21-10-16-9-19-21/h2-5,8-10,18H,7H2,1H3. The van der Waals surface area contributed by atoms with E-state index in [1.165, 1.54) is 6.33 Å². The van der Waals surface area contributed by atoms with E-state index < -0.39 is 0 Å². The molecule has 0 radical (unpaired) electrons.